The monoisotopic (exact) mass is 543 g/mol. The van der Waals surface area contributed by atoms with Crippen molar-refractivity contribution in [3.8, 4) is 40.4 Å². The Balaban J connectivity index is 1.32. The van der Waals surface area contributed by atoms with Crippen molar-refractivity contribution < 1.29 is 4.74 Å². The summed E-state index contributed by atoms with van der Waals surface area (Å²) in [5, 5.41) is 1.16. The van der Waals surface area contributed by atoms with Gasteiger partial charge in [0.25, 0.3) is 0 Å². The first kappa shape index (κ1) is 24.1. The van der Waals surface area contributed by atoms with Gasteiger partial charge in [0.2, 0.25) is 0 Å². The Morgan fingerprint density at radius 2 is 1.61 bits per heavy atom. The van der Waals surface area contributed by atoms with Gasteiger partial charge in [-0.15, -0.1) is 16.8 Å². The van der Waals surface area contributed by atoms with Crippen molar-refractivity contribution in [3.05, 3.63) is 112 Å². The van der Waals surface area contributed by atoms with Crippen molar-refractivity contribution in [2.24, 2.45) is 0 Å². The number of nitrogens with zero attached hydrogens (tertiary/aromatic N) is 3. The van der Waals surface area contributed by atoms with Crippen LogP contribution in [0.25, 0.3) is 50.1 Å². The summed E-state index contributed by atoms with van der Waals surface area (Å²) in [5.41, 5.74) is 7.11. The van der Waals surface area contributed by atoms with E-state index in [9.17, 15) is 0 Å². The summed E-state index contributed by atoms with van der Waals surface area (Å²) in [4.78, 5) is 16.4. The van der Waals surface area contributed by atoms with E-state index in [0.29, 0.717) is 23.9 Å². The molecular formula is C35H22BN3OS. The standard InChI is InChI=1S/C35H22BN3OS/c36-23-17-19-30-27(20-23)32-26(12-7-15-31(32)41-30)35-38-33(21-8-2-1-3-9-21)37-34(39-35)22-10-6-14-29-25(18-16-22)24-11-4-5-13-28(24)40-29/h1-5,7-9,11-13,15-16,18,20,29H,10,17,19H2/b22-16+,25-18-. The highest BCUT2D eigenvalue weighted by Crippen LogP contribution is 2.42. The topological polar surface area (TPSA) is 47.9 Å². The van der Waals surface area contributed by atoms with E-state index in [0.717, 1.165) is 57.3 Å². The molecule has 0 bridgehead atoms. The zero-order valence-electron chi connectivity index (χ0n) is 22.1. The van der Waals surface area contributed by atoms with E-state index in [1.54, 1.807) is 0 Å². The first-order valence-electron chi connectivity index (χ1n) is 13.7. The molecule has 3 heterocycles. The Kier molecular flexibility index (Phi) is 5.72. The Morgan fingerprint density at radius 1 is 0.805 bits per heavy atom. The van der Waals surface area contributed by atoms with Crippen LogP contribution >= 0.6 is 11.3 Å². The SMILES string of the molecule is [B]C1=Cc2c(sc3cccc(-c4nc(/C5=C/C=C6/c7ccccc7OC6C#CC5)nc(-c5ccccc5)n4)c23)CC1. The summed E-state index contributed by atoms with van der Waals surface area (Å²) in [6, 6.07) is 24.5. The van der Waals surface area contributed by atoms with Crippen LogP contribution in [-0.4, -0.2) is 28.9 Å². The molecule has 3 aliphatic rings. The average molecular weight is 543 g/mol. The largest absolute Gasteiger partial charge is 0.472 e. The minimum absolute atomic E-state index is 0.262. The molecule has 0 saturated carbocycles. The van der Waals surface area contributed by atoms with E-state index in [1.165, 1.54) is 15.1 Å². The quantitative estimate of drug-likeness (QED) is 0.175. The number of fused-ring (bicyclic) bond motifs is 6. The molecule has 1 unspecified atom stereocenters. The van der Waals surface area contributed by atoms with Crippen LogP contribution in [-0.2, 0) is 6.42 Å². The van der Waals surface area contributed by atoms with Crippen LogP contribution in [0.3, 0.4) is 0 Å². The fourth-order valence-corrected chi connectivity index (χ4v) is 6.89. The molecule has 3 aromatic carbocycles. The average Bonchev–Trinajstić information content (AvgIpc) is 3.54. The van der Waals surface area contributed by atoms with E-state index in [2.05, 4.69) is 54.3 Å². The highest BCUT2D eigenvalue weighted by atomic mass is 32.1. The molecule has 0 amide bonds. The van der Waals surface area contributed by atoms with Crippen LogP contribution in [0.4, 0.5) is 0 Å². The van der Waals surface area contributed by atoms with Gasteiger partial charge < -0.3 is 4.74 Å². The molecule has 6 heteroatoms. The lowest BCUT2D eigenvalue weighted by molar-refractivity contribution is 0.332. The first-order chi connectivity index (χ1) is 20.2. The Morgan fingerprint density at radius 3 is 2.54 bits per heavy atom. The lowest BCUT2D eigenvalue weighted by Gasteiger charge is -2.13. The van der Waals surface area contributed by atoms with E-state index in [-0.39, 0.29) is 6.10 Å². The first-order valence-corrected chi connectivity index (χ1v) is 14.5. The molecule has 8 rings (SSSR count). The number of para-hydroxylation sites is 1. The Bertz CT molecular complexity index is 2030. The molecule has 0 fully saturated rings. The van der Waals surface area contributed by atoms with Crippen molar-refractivity contribution in [1.29, 1.82) is 0 Å². The number of rotatable bonds is 3. The van der Waals surface area contributed by atoms with Gasteiger partial charge in [0, 0.05) is 49.2 Å². The number of hydrogen-bond donors (Lipinski definition) is 0. The second-order valence-corrected chi connectivity index (χ2v) is 11.5. The van der Waals surface area contributed by atoms with Gasteiger partial charge in [-0.25, -0.2) is 15.0 Å². The molecular weight excluding hydrogens is 521 g/mol. The van der Waals surface area contributed by atoms with Crippen LogP contribution in [0.1, 0.15) is 34.7 Å². The minimum atomic E-state index is -0.262. The summed E-state index contributed by atoms with van der Waals surface area (Å²) in [6.07, 6.45) is 8.42. The van der Waals surface area contributed by atoms with Gasteiger partial charge in [-0.2, -0.15) is 0 Å². The van der Waals surface area contributed by atoms with E-state index in [1.807, 2.05) is 59.9 Å². The van der Waals surface area contributed by atoms with Crippen molar-refractivity contribution in [3.63, 3.8) is 0 Å². The Hall–Kier alpha value is -4.73. The van der Waals surface area contributed by atoms with Gasteiger partial charge in [-0.05, 0) is 30.5 Å². The molecule has 1 atom stereocenters. The fourth-order valence-electron chi connectivity index (χ4n) is 5.68. The third kappa shape index (κ3) is 4.21. The molecule has 0 spiro atoms. The number of aryl methyl sites for hydroxylation is 1. The number of aromatic nitrogens is 3. The molecule has 1 aliphatic heterocycles. The maximum Gasteiger partial charge on any atom is 0.185 e. The molecule has 2 radical (unpaired) electrons. The van der Waals surface area contributed by atoms with Gasteiger partial charge in [0.1, 0.15) is 13.6 Å². The van der Waals surface area contributed by atoms with Crippen molar-refractivity contribution in [2.75, 3.05) is 0 Å². The third-order valence-corrected chi connectivity index (χ3v) is 8.93. The maximum atomic E-state index is 6.29. The van der Waals surface area contributed by atoms with Gasteiger partial charge in [-0.1, -0.05) is 90.7 Å². The number of allylic oxidation sites excluding steroid dienone is 4. The Labute approximate surface area is 243 Å². The number of ether oxygens (including phenoxy) is 1. The van der Waals surface area contributed by atoms with Crippen LogP contribution in [0, 0.1) is 11.8 Å². The molecule has 2 aromatic heterocycles. The summed E-state index contributed by atoms with van der Waals surface area (Å²) < 4.78 is 7.32. The zero-order chi connectivity index (χ0) is 27.3. The smallest absolute Gasteiger partial charge is 0.185 e. The van der Waals surface area contributed by atoms with Crippen LogP contribution in [0.15, 0.2) is 90.4 Å². The van der Waals surface area contributed by atoms with E-state index in [4.69, 9.17) is 27.5 Å². The van der Waals surface area contributed by atoms with Crippen LogP contribution in [0.2, 0.25) is 0 Å². The van der Waals surface area contributed by atoms with Gasteiger partial charge in [-0.3, -0.25) is 0 Å². The molecule has 2 aliphatic carbocycles. The highest BCUT2D eigenvalue weighted by molar-refractivity contribution is 7.19. The van der Waals surface area contributed by atoms with Gasteiger partial charge in [0.15, 0.2) is 23.6 Å². The molecule has 0 saturated heterocycles. The predicted octanol–water partition coefficient (Wildman–Crippen LogP) is 7.51. The normalized spacial score (nSPS) is 19.5. The van der Waals surface area contributed by atoms with Crippen molar-refractivity contribution in [1.82, 2.24) is 15.0 Å². The van der Waals surface area contributed by atoms with Gasteiger partial charge >= 0.3 is 0 Å². The van der Waals surface area contributed by atoms with E-state index >= 15 is 0 Å². The second-order valence-electron chi connectivity index (χ2n) is 10.3. The van der Waals surface area contributed by atoms with Gasteiger partial charge in [0.05, 0.1) is 0 Å². The third-order valence-electron chi connectivity index (χ3n) is 7.70. The molecule has 192 valence electrons. The second kappa shape index (κ2) is 9.73. The molecule has 5 aromatic rings. The number of thiophene rings is 1. The number of hydrogen-bond acceptors (Lipinski definition) is 5. The van der Waals surface area contributed by atoms with Crippen molar-refractivity contribution in [2.45, 2.75) is 25.4 Å². The summed E-state index contributed by atoms with van der Waals surface area (Å²) in [7, 11) is 6.29. The predicted molar refractivity (Wildman–Crippen MR) is 167 cm³/mol. The molecule has 41 heavy (non-hydrogen) atoms. The summed E-state index contributed by atoms with van der Waals surface area (Å²) >= 11 is 1.83. The summed E-state index contributed by atoms with van der Waals surface area (Å²) in [5.74, 6) is 9.42. The van der Waals surface area contributed by atoms with Crippen molar-refractivity contribution >= 4 is 46.5 Å². The molecule has 0 N–H and O–H groups in total. The number of benzene rings is 3. The lowest BCUT2D eigenvalue weighted by atomic mass is 9.84. The van der Waals surface area contributed by atoms with Crippen LogP contribution < -0.4 is 4.74 Å². The fraction of sp³-hybridized carbons (Fsp3) is 0.114. The van der Waals surface area contributed by atoms with Crippen LogP contribution in [0.5, 0.6) is 5.75 Å². The highest BCUT2D eigenvalue weighted by Gasteiger charge is 2.27. The zero-order valence-corrected chi connectivity index (χ0v) is 22.9. The maximum absolute atomic E-state index is 6.29. The summed E-state index contributed by atoms with van der Waals surface area (Å²) in [6.45, 7) is 0. The molecule has 4 nitrogen and oxygen atoms in total. The lowest BCUT2D eigenvalue weighted by Crippen LogP contribution is -2.10. The minimum Gasteiger partial charge on any atom is -0.472 e. The van der Waals surface area contributed by atoms with E-state index < -0.39 is 0 Å².